The molecular formula is C9H18N4. The van der Waals surface area contributed by atoms with Crippen LogP contribution < -0.4 is 11.1 Å². The summed E-state index contributed by atoms with van der Waals surface area (Å²) in [7, 11) is 1.93. The maximum atomic E-state index is 5.52. The van der Waals surface area contributed by atoms with Crippen LogP contribution in [0.15, 0.2) is 6.20 Å². The molecule has 3 N–H and O–H groups in total. The molecule has 0 aromatic carbocycles. The van der Waals surface area contributed by atoms with E-state index in [1.165, 1.54) is 5.56 Å². The van der Waals surface area contributed by atoms with Gasteiger partial charge in [-0.1, -0.05) is 0 Å². The molecular weight excluding hydrogens is 164 g/mol. The fourth-order valence-electron chi connectivity index (χ4n) is 1.35. The number of hydrogen-bond acceptors (Lipinski definition) is 3. The first-order chi connectivity index (χ1) is 6.31. The highest BCUT2D eigenvalue weighted by atomic mass is 15.3. The van der Waals surface area contributed by atoms with Gasteiger partial charge in [0.2, 0.25) is 0 Å². The van der Waals surface area contributed by atoms with Crippen molar-refractivity contribution >= 4 is 0 Å². The van der Waals surface area contributed by atoms with Gasteiger partial charge < -0.3 is 11.1 Å². The summed E-state index contributed by atoms with van der Waals surface area (Å²) < 4.78 is 1.96. The van der Waals surface area contributed by atoms with Gasteiger partial charge in [0.15, 0.2) is 0 Å². The second kappa shape index (κ2) is 4.99. The molecule has 1 rings (SSSR count). The third-order valence-electron chi connectivity index (χ3n) is 2.01. The van der Waals surface area contributed by atoms with Crippen LogP contribution in [0.25, 0.3) is 0 Å². The quantitative estimate of drug-likeness (QED) is 0.680. The van der Waals surface area contributed by atoms with E-state index in [9.17, 15) is 0 Å². The average Bonchev–Trinajstić information content (AvgIpc) is 2.50. The van der Waals surface area contributed by atoms with Crippen molar-refractivity contribution in [2.45, 2.75) is 26.4 Å². The van der Waals surface area contributed by atoms with Crippen molar-refractivity contribution in [3.8, 4) is 0 Å². The van der Waals surface area contributed by atoms with Gasteiger partial charge in [0, 0.05) is 19.3 Å². The summed E-state index contributed by atoms with van der Waals surface area (Å²) in [6.07, 6.45) is 3.00. The first-order valence-corrected chi connectivity index (χ1v) is 4.71. The van der Waals surface area contributed by atoms with Crippen LogP contribution in [-0.2, 0) is 19.5 Å². The molecule has 0 aliphatic rings. The highest BCUT2D eigenvalue weighted by Crippen LogP contribution is 2.07. The van der Waals surface area contributed by atoms with Crippen LogP contribution >= 0.6 is 0 Å². The molecule has 0 saturated heterocycles. The number of aryl methyl sites for hydroxylation is 1. The summed E-state index contributed by atoms with van der Waals surface area (Å²) in [4.78, 5) is 0. The maximum Gasteiger partial charge on any atom is 0.0794 e. The van der Waals surface area contributed by atoms with E-state index in [4.69, 9.17) is 5.73 Å². The number of rotatable bonds is 5. The Hall–Kier alpha value is -0.870. The van der Waals surface area contributed by atoms with Gasteiger partial charge in [-0.15, -0.1) is 0 Å². The molecule has 0 saturated carbocycles. The summed E-state index contributed by atoms with van der Waals surface area (Å²) in [5, 5.41) is 7.54. The van der Waals surface area contributed by atoms with Crippen molar-refractivity contribution < 1.29 is 0 Å². The van der Waals surface area contributed by atoms with Gasteiger partial charge in [0.25, 0.3) is 0 Å². The number of nitrogens with two attached hydrogens (primary N) is 1. The summed E-state index contributed by atoms with van der Waals surface area (Å²) in [5.41, 5.74) is 7.90. The Balaban J connectivity index is 2.79. The lowest BCUT2D eigenvalue weighted by Gasteiger charge is -1.98. The Morgan fingerprint density at radius 1 is 1.62 bits per heavy atom. The van der Waals surface area contributed by atoms with Crippen molar-refractivity contribution in [3.63, 3.8) is 0 Å². The molecule has 4 heteroatoms. The molecule has 1 heterocycles. The minimum absolute atomic E-state index is 0.687. The molecule has 0 spiro atoms. The van der Waals surface area contributed by atoms with E-state index in [1.807, 2.05) is 11.7 Å². The summed E-state index contributed by atoms with van der Waals surface area (Å²) in [5.74, 6) is 0. The third kappa shape index (κ3) is 2.54. The van der Waals surface area contributed by atoms with Gasteiger partial charge in [-0.25, -0.2) is 0 Å². The zero-order chi connectivity index (χ0) is 9.68. The second-order valence-electron chi connectivity index (χ2n) is 3.03. The lowest BCUT2D eigenvalue weighted by molar-refractivity contribution is 0.637. The fraction of sp³-hybridized carbons (Fsp3) is 0.667. The van der Waals surface area contributed by atoms with E-state index in [-0.39, 0.29) is 0 Å². The molecule has 0 fully saturated rings. The van der Waals surface area contributed by atoms with Crippen molar-refractivity contribution in [2.75, 3.05) is 13.6 Å². The Morgan fingerprint density at radius 3 is 2.92 bits per heavy atom. The summed E-state index contributed by atoms with van der Waals surface area (Å²) in [6.45, 7) is 4.51. The molecule has 13 heavy (non-hydrogen) atoms. The average molecular weight is 182 g/mol. The van der Waals surface area contributed by atoms with E-state index < -0.39 is 0 Å². The Morgan fingerprint density at radius 2 is 2.38 bits per heavy atom. The molecule has 0 aliphatic carbocycles. The monoisotopic (exact) mass is 182 g/mol. The Labute approximate surface area is 79.1 Å². The smallest absolute Gasteiger partial charge is 0.0794 e. The molecule has 0 bridgehead atoms. The molecule has 1 aromatic rings. The predicted molar refractivity (Wildman–Crippen MR) is 53.4 cm³/mol. The molecule has 4 nitrogen and oxygen atoms in total. The normalized spacial score (nSPS) is 10.7. The molecule has 74 valence electrons. The van der Waals surface area contributed by atoms with E-state index in [0.29, 0.717) is 6.54 Å². The van der Waals surface area contributed by atoms with E-state index in [0.717, 1.165) is 25.2 Å². The number of aromatic nitrogens is 2. The number of nitrogens with one attached hydrogen (secondary N) is 1. The zero-order valence-electron chi connectivity index (χ0n) is 8.38. The molecule has 0 atom stereocenters. The van der Waals surface area contributed by atoms with E-state index in [2.05, 4.69) is 23.5 Å². The van der Waals surface area contributed by atoms with Gasteiger partial charge in [-0.05, 0) is 32.5 Å². The second-order valence-corrected chi connectivity index (χ2v) is 3.03. The molecule has 0 aliphatic heterocycles. The lowest BCUT2D eigenvalue weighted by atomic mass is 10.2. The first kappa shape index (κ1) is 10.2. The zero-order valence-corrected chi connectivity index (χ0v) is 8.38. The standard InChI is InChI=1S/C9H18N4/c1-3-13-7-8(4-5-10)9(12-13)6-11-2/h7,11H,3-6,10H2,1-2H3. The Bertz CT molecular complexity index is 231. The molecule has 0 radical (unpaired) electrons. The van der Waals surface area contributed by atoms with Crippen LogP contribution in [0.1, 0.15) is 18.2 Å². The molecule has 0 unspecified atom stereocenters. The lowest BCUT2D eigenvalue weighted by Crippen LogP contribution is -2.10. The predicted octanol–water partition coefficient (Wildman–Crippen LogP) is 0.124. The van der Waals surface area contributed by atoms with Crippen molar-refractivity contribution in [3.05, 3.63) is 17.5 Å². The highest BCUT2D eigenvalue weighted by molar-refractivity contribution is 5.17. The third-order valence-corrected chi connectivity index (χ3v) is 2.01. The van der Waals surface area contributed by atoms with Gasteiger partial charge in [-0.3, -0.25) is 4.68 Å². The van der Waals surface area contributed by atoms with Crippen LogP contribution in [0.2, 0.25) is 0 Å². The van der Waals surface area contributed by atoms with Gasteiger partial charge >= 0.3 is 0 Å². The molecule has 1 aromatic heterocycles. The van der Waals surface area contributed by atoms with Crippen LogP contribution in [-0.4, -0.2) is 23.4 Å². The highest BCUT2D eigenvalue weighted by Gasteiger charge is 2.05. The number of hydrogen-bond donors (Lipinski definition) is 2. The number of nitrogens with zero attached hydrogens (tertiary/aromatic N) is 2. The largest absolute Gasteiger partial charge is 0.330 e. The van der Waals surface area contributed by atoms with Gasteiger partial charge in [-0.2, -0.15) is 5.10 Å². The van der Waals surface area contributed by atoms with E-state index in [1.54, 1.807) is 0 Å². The van der Waals surface area contributed by atoms with Crippen LogP contribution in [0.3, 0.4) is 0 Å². The summed E-state index contributed by atoms with van der Waals surface area (Å²) in [6, 6.07) is 0. The van der Waals surface area contributed by atoms with Gasteiger partial charge in [0.05, 0.1) is 5.69 Å². The van der Waals surface area contributed by atoms with Crippen molar-refractivity contribution in [1.29, 1.82) is 0 Å². The van der Waals surface area contributed by atoms with Crippen LogP contribution in [0.5, 0.6) is 0 Å². The van der Waals surface area contributed by atoms with Crippen molar-refractivity contribution in [2.24, 2.45) is 5.73 Å². The molecule has 0 amide bonds. The maximum absolute atomic E-state index is 5.52. The van der Waals surface area contributed by atoms with Crippen LogP contribution in [0, 0.1) is 0 Å². The Kier molecular flexibility index (Phi) is 3.92. The van der Waals surface area contributed by atoms with Gasteiger partial charge in [0.1, 0.15) is 0 Å². The fourth-order valence-corrected chi connectivity index (χ4v) is 1.35. The first-order valence-electron chi connectivity index (χ1n) is 4.71. The van der Waals surface area contributed by atoms with Crippen LogP contribution in [0.4, 0.5) is 0 Å². The SMILES string of the molecule is CCn1cc(CCN)c(CNC)n1. The summed E-state index contributed by atoms with van der Waals surface area (Å²) >= 11 is 0. The van der Waals surface area contributed by atoms with Crippen molar-refractivity contribution in [1.82, 2.24) is 15.1 Å². The minimum Gasteiger partial charge on any atom is -0.330 e. The topological polar surface area (TPSA) is 55.9 Å². The van der Waals surface area contributed by atoms with E-state index >= 15 is 0 Å². The minimum atomic E-state index is 0.687.